The molecule has 0 saturated carbocycles. The number of hydrogen-bond acceptors (Lipinski definition) is 6. The Kier molecular flexibility index (Phi) is 8.19. The molecule has 1 aromatic carbocycles. The van der Waals surface area contributed by atoms with E-state index < -0.39 is 0 Å². The Morgan fingerprint density at radius 1 is 1.17 bits per heavy atom. The third kappa shape index (κ3) is 5.86. The number of fused-ring (bicyclic) bond motifs is 1. The van der Waals surface area contributed by atoms with E-state index in [-0.39, 0.29) is 0 Å². The second-order valence-electron chi connectivity index (χ2n) is 7.84. The zero-order valence-corrected chi connectivity index (χ0v) is 18.9. The lowest BCUT2D eigenvalue weighted by Crippen LogP contribution is -2.40. The van der Waals surface area contributed by atoms with E-state index in [1.54, 1.807) is 25.6 Å². The van der Waals surface area contributed by atoms with Crippen molar-refractivity contribution in [2.45, 2.75) is 64.3 Å². The number of methoxy groups -OCH3 is 2. The molecule has 1 unspecified atom stereocenters. The van der Waals surface area contributed by atoms with E-state index in [9.17, 15) is 0 Å². The Bertz CT molecular complexity index is 777. The van der Waals surface area contributed by atoms with Crippen LogP contribution in [0, 0.1) is 0 Å². The van der Waals surface area contributed by atoms with Crippen LogP contribution in [-0.2, 0) is 19.3 Å². The number of anilines is 1. The topological polar surface area (TPSA) is 60.6 Å². The Hall–Kier alpha value is -1.79. The number of ether oxygens (including phenoxy) is 2. The Morgan fingerprint density at radius 3 is 2.79 bits per heavy atom. The summed E-state index contributed by atoms with van der Waals surface area (Å²) in [6.45, 7) is 4.64. The molecule has 6 heteroatoms. The monoisotopic (exact) mass is 417 g/mol. The smallest absolute Gasteiger partial charge is 0.180 e. The summed E-state index contributed by atoms with van der Waals surface area (Å²) in [6.07, 6.45) is 9.26. The minimum atomic E-state index is 0.640. The van der Waals surface area contributed by atoms with Gasteiger partial charge in [0.1, 0.15) is 11.5 Å². The number of aromatic nitrogens is 1. The van der Waals surface area contributed by atoms with Crippen molar-refractivity contribution in [3.05, 3.63) is 34.3 Å². The lowest BCUT2D eigenvalue weighted by Gasteiger charge is -2.33. The minimum absolute atomic E-state index is 0.640. The third-order valence-electron chi connectivity index (χ3n) is 5.84. The van der Waals surface area contributed by atoms with Crippen molar-refractivity contribution in [3.8, 4) is 11.5 Å². The van der Waals surface area contributed by atoms with Crippen LogP contribution in [0.5, 0.6) is 11.5 Å². The quantitative estimate of drug-likeness (QED) is 0.536. The lowest BCUT2D eigenvalue weighted by atomic mass is 9.95. The SMILES string of the molecule is CCCN(CCCCCc1cc(OC)ccc1OC)C1CCc2nc(N)sc2C1. The summed E-state index contributed by atoms with van der Waals surface area (Å²) in [7, 11) is 3.45. The highest BCUT2D eigenvalue weighted by Crippen LogP contribution is 2.30. The van der Waals surface area contributed by atoms with Gasteiger partial charge in [-0.1, -0.05) is 13.3 Å². The zero-order chi connectivity index (χ0) is 20.6. The second kappa shape index (κ2) is 10.8. The number of hydrogen-bond donors (Lipinski definition) is 1. The van der Waals surface area contributed by atoms with Crippen molar-refractivity contribution < 1.29 is 9.47 Å². The molecule has 0 radical (unpaired) electrons. The largest absolute Gasteiger partial charge is 0.497 e. The highest BCUT2D eigenvalue weighted by atomic mass is 32.1. The van der Waals surface area contributed by atoms with Crippen LogP contribution >= 0.6 is 11.3 Å². The number of unbranched alkanes of at least 4 members (excludes halogenated alkanes) is 2. The van der Waals surface area contributed by atoms with Crippen molar-refractivity contribution in [1.29, 1.82) is 0 Å². The van der Waals surface area contributed by atoms with Crippen molar-refractivity contribution in [2.24, 2.45) is 0 Å². The molecule has 1 aliphatic carbocycles. The first-order valence-corrected chi connectivity index (χ1v) is 11.6. The van der Waals surface area contributed by atoms with Gasteiger partial charge in [-0.2, -0.15) is 0 Å². The van der Waals surface area contributed by atoms with E-state index in [0.717, 1.165) is 35.9 Å². The Labute approximate surface area is 179 Å². The first-order chi connectivity index (χ1) is 14.1. The number of aryl methyl sites for hydroxylation is 2. The van der Waals surface area contributed by atoms with E-state index in [1.165, 1.54) is 61.3 Å². The highest BCUT2D eigenvalue weighted by molar-refractivity contribution is 7.15. The van der Waals surface area contributed by atoms with Gasteiger partial charge >= 0.3 is 0 Å². The summed E-state index contributed by atoms with van der Waals surface area (Å²) in [5.41, 5.74) is 8.39. The van der Waals surface area contributed by atoms with Crippen LogP contribution in [0.3, 0.4) is 0 Å². The van der Waals surface area contributed by atoms with Gasteiger partial charge in [-0.3, -0.25) is 0 Å². The van der Waals surface area contributed by atoms with Gasteiger partial charge in [0.25, 0.3) is 0 Å². The molecule has 0 aliphatic heterocycles. The standard InChI is InChI=1S/C23H35N3O2S/c1-4-13-26(18-9-11-20-22(16-18)29-23(24)25-20)14-7-5-6-8-17-15-19(27-2)10-12-21(17)28-3/h10,12,15,18H,4-9,11,13-14,16H2,1-3H3,(H2,24,25). The van der Waals surface area contributed by atoms with Crippen LogP contribution in [0.15, 0.2) is 18.2 Å². The first-order valence-electron chi connectivity index (χ1n) is 10.8. The van der Waals surface area contributed by atoms with Crippen molar-refractivity contribution in [3.63, 3.8) is 0 Å². The number of nitrogens with two attached hydrogens (primary N) is 1. The fraction of sp³-hybridized carbons (Fsp3) is 0.609. The summed E-state index contributed by atoms with van der Waals surface area (Å²) in [6, 6.07) is 6.70. The molecule has 29 heavy (non-hydrogen) atoms. The molecule has 0 saturated heterocycles. The molecular weight excluding hydrogens is 382 g/mol. The molecule has 2 aromatic rings. The molecule has 1 heterocycles. The molecule has 1 aromatic heterocycles. The van der Waals surface area contributed by atoms with E-state index in [1.807, 2.05) is 12.1 Å². The van der Waals surface area contributed by atoms with Crippen molar-refractivity contribution in [2.75, 3.05) is 33.0 Å². The molecule has 0 spiro atoms. The number of nitrogens with zero attached hydrogens (tertiary/aromatic N) is 2. The predicted octanol–water partition coefficient (Wildman–Crippen LogP) is 4.72. The van der Waals surface area contributed by atoms with Crippen LogP contribution in [0.4, 0.5) is 5.13 Å². The molecule has 0 bridgehead atoms. The summed E-state index contributed by atoms with van der Waals surface area (Å²) in [5.74, 6) is 1.86. The molecule has 3 rings (SSSR count). The zero-order valence-electron chi connectivity index (χ0n) is 18.1. The molecule has 0 amide bonds. The third-order valence-corrected chi connectivity index (χ3v) is 6.79. The van der Waals surface area contributed by atoms with Crippen LogP contribution in [-0.4, -0.2) is 43.2 Å². The summed E-state index contributed by atoms with van der Waals surface area (Å²) < 4.78 is 10.9. The van der Waals surface area contributed by atoms with E-state index in [4.69, 9.17) is 15.2 Å². The van der Waals surface area contributed by atoms with Crippen LogP contribution in [0.1, 0.15) is 55.2 Å². The molecule has 0 fully saturated rings. The van der Waals surface area contributed by atoms with Gasteiger partial charge in [0, 0.05) is 10.9 Å². The molecule has 1 aliphatic rings. The molecule has 2 N–H and O–H groups in total. The van der Waals surface area contributed by atoms with Gasteiger partial charge in [-0.25, -0.2) is 4.98 Å². The van der Waals surface area contributed by atoms with Gasteiger partial charge in [0.05, 0.1) is 19.9 Å². The van der Waals surface area contributed by atoms with Crippen molar-refractivity contribution in [1.82, 2.24) is 9.88 Å². The average molecular weight is 418 g/mol. The molecule has 1 atom stereocenters. The highest BCUT2D eigenvalue weighted by Gasteiger charge is 2.26. The summed E-state index contributed by atoms with van der Waals surface area (Å²) in [4.78, 5) is 8.60. The Morgan fingerprint density at radius 2 is 2.03 bits per heavy atom. The van der Waals surface area contributed by atoms with Gasteiger partial charge in [-0.05, 0) is 81.8 Å². The van der Waals surface area contributed by atoms with Crippen LogP contribution < -0.4 is 15.2 Å². The maximum Gasteiger partial charge on any atom is 0.180 e. The maximum absolute atomic E-state index is 5.92. The number of rotatable bonds is 11. The number of benzene rings is 1. The Balaban J connectivity index is 1.47. The minimum Gasteiger partial charge on any atom is -0.497 e. The normalized spacial score (nSPS) is 16.1. The van der Waals surface area contributed by atoms with E-state index in [0.29, 0.717) is 6.04 Å². The average Bonchev–Trinajstić information content (AvgIpc) is 3.11. The van der Waals surface area contributed by atoms with Gasteiger partial charge in [0.15, 0.2) is 5.13 Å². The summed E-state index contributed by atoms with van der Waals surface area (Å²) in [5, 5.41) is 0.727. The fourth-order valence-corrected chi connectivity index (χ4v) is 5.29. The fourth-order valence-electron chi connectivity index (χ4n) is 4.34. The van der Waals surface area contributed by atoms with E-state index in [2.05, 4.69) is 22.9 Å². The van der Waals surface area contributed by atoms with Crippen LogP contribution in [0.2, 0.25) is 0 Å². The van der Waals surface area contributed by atoms with Crippen LogP contribution in [0.25, 0.3) is 0 Å². The number of nitrogen functional groups attached to an aromatic ring is 1. The van der Waals surface area contributed by atoms with Gasteiger partial charge < -0.3 is 20.1 Å². The lowest BCUT2D eigenvalue weighted by molar-refractivity contribution is 0.176. The first kappa shape index (κ1) is 21.9. The van der Waals surface area contributed by atoms with E-state index >= 15 is 0 Å². The van der Waals surface area contributed by atoms with Crippen molar-refractivity contribution >= 4 is 16.5 Å². The van der Waals surface area contributed by atoms with Gasteiger partial charge in [0.2, 0.25) is 0 Å². The summed E-state index contributed by atoms with van der Waals surface area (Å²) >= 11 is 1.68. The second-order valence-corrected chi connectivity index (χ2v) is 8.96. The number of thiazole rings is 1. The molecular formula is C23H35N3O2S. The molecule has 5 nitrogen and oxygen atoms in total. The van der Waals surface area contributed by atoms with Gasteiger partial charge in [-0.15, -0.1) is 11.3 Å². The maximum atomic E-state index is 5.92. The predicted molar refractivity (Wildman–Crippen MR) is 121 cm³/mol. The molecule has 160 valence electrons.